The van der Waals surface area contributed by atoms with E-state index in [2.05, 4.69) is 0 Å². The number of allylic oxidation sites excluding steroid dienone is 1. The Labute approximate surface area is 194 Å². The lowest BCUT2D eigenvalue weighted by Crippen LogP contribution is -2.43. The third-order valence-electron chi connectivity index (χ3n) is 5.22. The molecule has 1 saturated heterocycles. The lowest BCUT2D eigenvalue weighted by Gasteiger charge is -2.32. The van der Waals surface area contributed by atoms with Gasteiger partial charge in [0.25, 0.3) is 5.91 Å². The molecule has 1 aliphatic heterocycles. The molecule has 1 aromatic carbocycles. The fraction of sp³-hybridized carbons (Fsp3) is 0.500. The van der Waals surface area contributed by atoms with Crippen LogP contribution in [0.1, 0.15) is 25.3 Å². The van der Waals surface area contributed by atoms with E-state index in [0.29, 0.717) is 24.3 Å². The molecule has 1 amide bonds. The van der Waals surface area contributed by atoms with E-state index in [0.717, 1.165) is 5.56 Å². The number of ether oxygens (including phenoxy) is 4. The fourth-order valence-electron chi connectivity index (χ4n) is 3.64. The molecule has 0 atom stereocenters. The maximum atomic E-state index is 13.4. The number of benzene rings is 1. The van der Waals surface area contributed by atoms with E-state index in [1.54, 1.807) is 13.2 Å². The van der Waals surface area contributed by atoms with Gasteiger partial charge in [-0.1, -0.05) is 6.08 Å². The van der Waals surface area contributed by atoms with Gasteiger partial charge in [0.1, 0.15) is 35.5 Å². The number of hydrogen-bond acceptors (Lipinski definition) is 8. The molecular formula is C22H32N2O8S. The SMILES string of the molecule is C/C=C(\C(C(=O)NO)=C(/COC)OC)S(=O)(=O)N1CCC(Oc2cc(C)cc(OC)c2)CC1. The Kier molecular flexibility index (Phi) is 9.71. The predicted octanol–water partition coefficient (Wildman–Crippen LogP) is 2.13. The monoisotopic (exact) mass is 484 g/mol. The molecule has 0 spiro atoms. The number of nitrogens with zero attached hydrogens (tertiary/aromatic N) is 1. The average molecular weight is 485 g/mol. The van der Waals surface area contributed by atoms with Gasteiger partial charge in [0.05, 0.1) is 19.1 Å². The number of amides is 1. The van der Waals surface area contributed by atoms with Crippen LogP contribution in [-0.2, 0) is 24.3 Å². The van der Waals surface area contributed by atoms with Crippen molar-refractivity contribution in [2.24, 2.45) is 0 Å². The summed E-state index contributed by atoms with van der Waals surface area (Å²) < 4.78 is 49.6. The summed E-state index contributed by atoms with van der Waals surface area (Å²) in [4.78, 5) is 12.1. The molecule has 184 valence electrons. The Morgan fingerprint density at radius 2 is 1.82 bits per heavy atom. The van der Waals surface area contributed by atoms with Crippen molar-refractivity contribution in [2.45, 2.75) is 32.8 Å². The highest BCUT2D eigenvalue weighted by Crippen LogP contribution is 2.29. The van der Waals surface area contributed by atoms with Crippen molar-refractivity contribution in [1.29, 1.82) is 0 Å². The first-order chi connectivity index (χ1) is 15.7. The van der Waals surface area contributed by atoms with Crippen molar-refractivity contribution < 1.29 is 37.4 Å². The molecule has 2 N–H and O–H groups in total. The number of aryl methyl sites for hydroxylation is 1. The van der Waals surface area contributed by atoms with Crippen LogP contribution in [-0.4, -0.2) is 71.0 Å². The summed E-state index contributed by atoms with van der Waals surface area (Å²) in [6.07, 6.45) is 2.06. The quantitative estimate of drug-likeness (QED) is 0.170. The van der Waals surface area contributed by atoms with E-state index in [1.165, 1.54) is 37.0 Å². The topological polar surface area (TPSA) is 124 Å². The van der Waals surface area contributed by atoms with Crippen LogP contribution in [0.2, 0.25) is 0 Å². The number of rotatable bonds is 10. The van der Waals surface area contributed by atoms with Crippen LogP contribution in [0.25, 0.3) is 0 Å². The number of methoxy groups -OCH3 is 3. The molecule has 11 heteroatoms. The molecule has 0 radical (unpaired) electrons. The van der Waals surface area contributed by atoms with E-state index < -0.39 is 15.9 Å². The Morgan fingerprint density at radius 1 is 1.18 bits per heavy atom. The van der Waals surface area contributed by atoms with Crippen molar-refractivity contribution in [3.63, 3.8) is 0 Å². The third kappa shape index (κ3) is 6.47. The number of carbonyl (C=O) groups is 1. The molecule has 1 aliphatic rings. The molecule has 0 saturated carbocycles. The second-order valence-electron chi connectivity index (χ2n) is 7.44. The van der Waals surface area contributed by atoms with Crippen LogP contribution in [0, 0.1) is 6.92 Å². The van der Waals surface area contributed by atoms with Gasteiger partial charge in [-0.05, 0) is 44.4 Å². The number of sulfonamides is 1. The summed E-state index contributed by atoms with van der Waals surface area (Å²) in [5.41, 5.74) is 2.17. The van der Waals surface area contributed by atoms with Gasteiger partial charge in [0, 0.05) is 26.3 Å². The summed E-state index contributed by atoms with van der Waals surface area (Å²) in [5, 5.41) is 9.18. The molecule has 0 unspecified atom stereocenters. The second kappa shape index (κ2) is 12.0. The number of nitrogens with one attached hydrogen (secondary N) is 1. The zero-order chi connectivity index (χ0) is 24.6. The molecule has 0 aromatic heterocycles. The molecule has 1 fully saturated rings. The second-order valence-corrected chi connectivity index (χ2v) is 9.34. The number of carbonyl (C=O) groups excluding carboxylic acids is 1. The van der Waals surface area contributed by atoms with Crippen molar-refractivity contribution in [3.8, 4) is 11.5 Å². The van der Waals surface area contributed by atoms with Gasteiger partial charge in [-0.3, -0.25) is 10.0 Å². The van der Waals surface area contributed by atoms with Crippen LogP contribution in [0.4, 0.5) is 0 Å². The zero-order valence-electron chi connectivity index (χ0n) is 19.6. The van der Waals surface area contributed by atoms with Gasteiger partial charge < -0.3 is 18.9 Å². The van der Waals surface area contributed by atoms with E-state index in [1.807, 2.05) is 19.1 Å². The standard InChI is InChI=1S/C22H32N2O8S/c1-6-20(21(22(25)23-26)19(31-5)14-29-3)33(27,28)24-9-7-16(8-10-24)32-18-12-15(2)11-17(13-18)30-4/h6,11-13,16,26H,7-10,14H2,1-5H3,(H,23,25)/b20-6+,21-19-. The minimum Gasteiger partial charge on any atom is -0.498 e. The lowest BCUT2D eigenvalue weighted by molar-refractivity contribution is -0.125. The first-order valence-corrected chi connectivity index (χ1v) is 11.8. The van der Waals surface area contributed by atoms with E-state index >= 15 is 0 Å². The molecule has 0 aliphatic carbocycles. The predicted molar refractivity (Wildman–Crippen MR) is 121 cm³/mol. The van der Waals surface area contributed by atoms with Gasteiger partial charge in [0.2, 0.25) is 10.0 Å². The Hall–Kier alpha value is -2.60. The van der Waals surface area contributed by atoms with Crippen molar-refractivity contribution in [3.05, 3.63) is 46.1 Å². The molecule has 0 bridgehead atoms. The first-order valence-electron chi connectivity index (χ1n) is 10.4. The van der Waals surface area contributed by atoms with E-state index in [-0.39, 0.29) is 42.0 Å². The largest absolute Gasteiger partial charge is 0.498 e. The molecule has 2 rings (SSSR count). The summed E-state index contributed by atoms with van der Waals surface area (Å²) in [7, 11) is 0.198. The molecule has 1 aromatic rings. The summed E-state index contributed by atoms with van der Waals surface area (Å²) in [6, 6.07) is 5.59. The van der Waals surface area contributed by atoms with E-state index in [4.69, 9.17) is 18.9 Å². The zero-order valence-corrected chi connectivity index (χ0v) is 20.4. The number of hydroxylamine groups is 1. The van der Waals surface area contributed by atoms with Crippen LogP contribution in [0.5, 0.6) is 11.5 Å². The minimum absolute atomic E-state index is 0.0210. The van der Waals surface area contributed by atoms with Crippen LogP contribution < -0.4 is 15.0 Å². The maximum Gasteiger partial charge on any atom is 0.279 e. The Morgan fingerprint density at radius 3 is 2.33 bits per heavy atom. The highest BCUT2D eigenvalue weighted by Gasteiger charge is 2.36. The number of hydrogen-bond donors (Lipinski definition) is 2. The summed E-state index contributed by atoms with van der Waals surface area (Å²) >= 11 is 0. The molecular weight excluding hydrogens is 452 g/mol. The van der Waals surface area contributed by atoms with Gasteiger partial charge in [0.15, 0.2) is 0 Å². The molecule has 1 heterocycles. The maximum absolute atomic E-state index is 13.4. The fourth-order valence-corrected chi connectivity index (χ4v) is 5.37. The normalized spacial score (nSPS) is 16.7. The highest BCUT2D eigenvalue weighted by atomic mass is 32.2. The van der Waals surface area contributed by atoms with Crippen LogP contribution in [0.15, 0.2) is 40.5 Å². The number of piperidine rings is 1. The van der Waals surface area contributed by atoms with Gasteiger partial charge in [-0.25, -0.2) is 13.9 Å². The average Bonchev–Trinajstić information content (AvgIpc) is 2.80. The van der Waals surface area contributed by atoms with Gasteiger partial charge in [-0.2, -0.15) is 4.31 Å². The first kappa shape index (κ1) is 26.7. The Bertz CT molecular complexity index is 996. The van der Waals surface area contributed by atoms with E-state index in [9.17, 15) is 18.4 Å². The van der Waals surface area contributed by atoms with Crippen molar-refractivity contribution >= 4 is 15.9 Å². The minimum atomic E-state index is -4.06. The van der Waals surface area contributed by atoms with Crippen molar-refractivity contribution in [1.82, 2.24) is 9.79 Å². The summed E-state index contributed by atoms with van der Waals surface area (Å²) in [5.74, 6) is 0.324. The van der Waals surface area contributed by atoms with Gasteiger partial charge in [-0.15, -0.1) is 0 Å². The molecule has 33 heavy (non-hydrogen) atoms. The van der Waals surface area contributed by atoms with Crippen LogP contribution in [0.3, 0.4) is 0 Å². The Balaban J connectivity index is 2.21. The highest BCUT2D eigenvalue weighted by molar-refractivity contribution is 7.93. The third-order valence-corrected chi connectivity index (χ3v) is 7.26. The molecule has 10 nitrogen and oxygen atoms in total. The van der Waals surface area contributed by atoms with Crippen molar-refractivity contribution in [2.75, 3.05) is 41.0 Å². The van der Waals surface area contributed by atoms with Crippen LogP contribution >= 0.6 is 0 Å². The van der Waals surface area contributed by atoms with Gasteiger partial charge >= 0.3 is 0 Å². The lowest BCUT2D eigenvalue weighted by atomic mass is 10.1. The smallest absolute Gasteiger partial charge is 0.279 e. The summed E-state index contributed by atoms with van der Waals surface area (Å²) in [6.45, 7) is 3.69.